The lowest BCUT2D eigenvalue weighted by atomic mass is 10.00. The zero-order valence-corrected chi connectivity index (χ0v) is 7.18. The van der Waals surface area contributed by atoms with Crippen LogP contribution in [0.5, 0.6) is 0 Å². The molecule has 1 rings (SSSR count). The predicted octanol–water partition coefficient (Wildman–Crippen LogP) is 3.17. The first kappa shape index (κ1) is 11.2. The minimum atomic E-state index is -5.23. The molecule has 0 saturated heterocycles. The van der Waals surface area contributed by atoms with E-state index < -0.39 is 29.3 Å². The minimum Gasteiger partial charge on any atom is -0.454 e. The third kappa shape index (κ3) is 1.10. The van der Waals surface area contributed by atoms with Crippen LogP contribution in [0.4, 0.5) is 26.3 Å². The molecule has 0 saturated carbocycles. The minimum absolute atomic E-state index is 0.122. The molecular weight excluding hydrogens is 214 g/mol. The van der Waals surface area contributed by atoms with Crippen molar-refractivity contribution in [2.45, 2.75) is 31.5 Å². The second kappa shape index (κ2) is 2.58. The van der Waals surface area contributed by atoms with Crippen molar-refractivity contribution in [3.63, 3.8) is 0 Å². The number of hydrogen-bond acceptors (Lipinski definition) is 1. The van der Waals surface area contributed by atoms with Gasteiger partial charge in [0.1, 0.15) is 5.76 Å². The van der Waals surface area contributed by atoms with Crippen LogP contribution in [0.15, 0.2) is 11.6 Å². The van der Waals surface area contributed by atoms with Crippen LogP contribution in [-0.2, 0) is 4.74 Å². The van der Waals surface area contributed by atoms with Crippen LogP contribution in [0.25, 0.3) is 0 Å². The average Bonchev–Trinajstić information content (AvgIpc) is 1.99. The van der Waals surface area contributed by atoms with Crippen LogP contribution in [-0.4, -0.2) is 17.7 Å². The van der Waals surface area contributed by atoms with Gasteiger partial charge < -0.3 is 4.74 Å². The number of halogens is 6. The average molecular weight is 220 g/mol. The van der Waals surface area contributed by atoms with E-state index in [1.807, 2.05) is 0 Å². The Labute approximate surface area is 75.3 Å². The molecule has 0 amide bonds. The molecule has 0 aromatic rings. The van der Waals surface area contributed by atoms with Crippen LogP contribution in [0.2, 0.25) is 0 Å². The van der Waals surface area contributed by atoms with Crippen molar-refractivity contribution >= 4 is 0 Å². The van der Waals surface area contributed by atoms with Gasteiger partial charge >= 0.3 is 17.7 Å². The normalized spacial score (nSPS) is 35.4. The van der Waals surface area contributed by atoms with Crippen molar-refractivity contribution < 1.29 is 31.1 Å². The summed E-state index contributed by atoms with van der Waals surface area (Å²) in [4.78, 5) is 0. The highest BCUT2D eigenvalue weighted by Gasteiger charge is 2.75. The van der Waals surface area contributed by atoms with Gasteiger partial charge in [-0.15, -0.1) is 0 Å². The Balaban J connectivity index is 3.36. The molecule has 1 heterocycles. The van der Waals surface area contributed by atoms with Crippen LogP contribution < -0.4 is 0 Å². The lowest BCUT2D eigenvalue weighted by molar-refractivity contribution is -0.340. The van der Waals surface area contributed by atoms with Crippen molar-refractivity contribution in [1.29, 1.82) is 0 Å². The van der Waals surface area contributed by atoms with Crippen molar-refractivity contribution in [1.82, 2.24) is 0 Å². The molecule has 0 aliphatic carbocycles. The fraction of sp³-hybridized carbons (Fsp3) is 0.714. The van der Waals surface area contributed by atoms with Gasteiger partial charge in [-0.3, -0.25) is 0 Å². The second-order valence-corrected chi connectivity index (χ2v) is 3.04. The van der Waals surface area contributed by atoms with E-state index in [0.29, 0.717) is 6.92 Å². The molecule has 82 valence electrons. The van der Waals surface area contributed by atoms with Gasteiger partial charge in [-0.2, -0.15) is 22.0 Å². The van der Waals surface area contributed by atoms with Gasteiger partial charge in [-0.1, -0.05) is 0 Å². The molecular formula is C7H6F6O. The molecule has 1 nitrogen and oxygen atoms in total. The molecule has 1 aliphatic heterocycles. The quantitative estimate of drug-likeness (QED) is 0.569. The molecule has 14 heavy (non-hydrogen) atoms. The Bertz CT molecular complexity index is 293. The summed E-state index contributed by atoms with van der Waals surface area (Å²) in [5.74, 6) is -18.0. The summed E-state index contributed by atoms with van der Waals surface area (Å²) >= 11 is 0. The van der Waals surface area contributed by atoms with Gasteiger partial charge in [-0.05, 0) is 6.92 Å². The zero-order valence-electron chi connectivity index (χ0n) is 7.18. The van der Waals surface area contributed by atoms with Gasteiger partial charge in [0.05, 0.1) is 0 Å². The van der Waals surface area contributed by atoms with E-state index in [0.717, 1.165) is 0 Å². The molecule has 0 N–H and O–H groups in total. The van der Waals surface area contributed by atoms with Gasteiger partial charge in [0.25, 0.3) is 0 Å². The van der Waals surface area contributed by atoms with Crippen molar-refractivity contribution in [3.8, 4) is 0 Å². The van der Waals surface area contributed by atoms with Gasteiger partial charge in [-0.25, -0.2) is 4.39 Å². The van der Waals surface area contributed by atoms with Crippen molar-refractivity contribution in [2.24, 2.45) is 0 Å². The molecule has 1 unspecified atom stereocenters. The summed E-state index contributed by atoms with van der Waals surface area (Å²) in [6.45, 7) is 0.771. The van der Waals surface area contributed by atoms with E-state index in [1.165, 1.54) is 0 Å². The molecule has 0 bridgehead atoms. The van der Waals surface area contributed by atoms with Crippen molar-refractivity contribution in [2.75, 3.05) is 0 Å². The second-order valence-electron chi connectivity index (χ2n) is 3.04. The topological polar surface area (TPSA) is 9.23 Å². The van der Waals surface area contributed by atoms with E-state index in [-0.39, 0.29) is 6.92 Å². The third-order valence-corrected chi connectivity index (χ3v) is 1.88. The molecule has 7 heteroatoms. The Morgan fingerprint density at radius 1 is 1.07 bits per heavy atom. The Hall–Kier alpha value is -0.880. The maximum atomic E-state index is 12.9. The summed E-state index contributed by atoms with van der Waals surface area (Å²) in [6, 6.07) is 0. The highest BCUT2D eigenvalue weighted by atomic mass is 19.3. The standard InChI is InChI=1S/C7H6F6O/c1-3-4(8)6(10,11)7(12,13)5(2,9)14-3/h1-2H3. The summed E-state index contributed by atoms with van der Waals surface area (Å²) in [5.41, 5.74) is 0. The smallest absolute Gasteiger partial charge is 0.384 e. The zero-order chi connectivity index (χ0) is 11.4. The van der Waals surface area contributed by atoms with E-state index in [1.54, 1.807) is 0 Å². The molecule has 1 aliphatic rings. The summed E-state index contributed by atoms with van der Waals surface area (Å²) in [7, 11) is 0. The molecule has 1 atom stereocenters. The van der Waals surface area contributed by atoms with E-state index >= 15 is 0 Å². The van der Waals surface area contributed by atoms with E-state index in [2.05, 4.69) is 4.74 Å². The Morgan fingerprint density at radius 3 is 1.93 bits per heavy atom. The van der Waals surface area contributed by atoms with E-state index in [9.17, 15) is 26.3 Å². The van der Waals surface area contributed by atoms with E-state index in [4.69, 9.17) is 0 Å². The summed E-state index contributed by atoms with van der Waals surface area (Å²) < 4.78 is 79.8. The fourth-order valence-corrected chi connectivity index (χ4v) is 1.04. The maximum absolute atomic E-state index is 12.9. The summed E-state index contributed by atoms with van der Waals surface area (Å²) in [6.07, 6.45) is 0. The summed E-state index contributed by atoms with van der Waals surface area (Å²) in [5, 5.41) is 0. The van der Waals surface area contributed by atoms with Gasteiger partial charge in [0.15, 0.2) is 0 Å². The third-order valence-electron chi connectivity index (χ3n) is 1.88. The van der Waals surface area contributed by atoms with Crippen LogP contribution in [0.3, 0.4) is 0 Å². The number of alkyl halides is 5. The first-order valence-electron chi connectivity index (χ1n) is 3.54. The fourth-order valence-electron chi connectivity index (χ4n) is 1.04. The lowest BCUT2D eigenvalue weighted by Crippen LogP contribution is -2.59. The van der Waals surface area contributed by atoms with Crippen LogP contribution >= 0.6 is 0 Å². The molecule has 0 fully saturated rings. The Kier molecular flexibility index (Phi) is 2.06. The SMILES string of the molecule is CC1=C(F)C(F)(F)C(F)(F)C(C)(F)O1. The number of rotatable bonds is 0. The van der Waals surface area contributed by atoms with Gasteiger partial charge in [0.2, 0.25) is 5.83 Å². The van der Waals surface area contributed by atoms with Crippen LogP contribution in [0, 0.1) is 0 Å². The highest BCUT2D eigenvalue weighted by Crippen LogP contribution is 2.53. The number of allylic oxidation sites excluding steroid dienone is 2. The predicted molar refractivity (Wildman–Crippen MR) is 34.3 cm³/mol. The molecule has 0 spiro atoms. The monoisotopic (exact) mass is 220 g/mol. The highest BCUT2D eigenvalue weighted by molar-refractivity contribution is 5.20. The molecule has 0 radical (unpaired) electrons. The van der Waals surface area contributed by atoms with Crippen LogP contribution in [0.1, 0.15) is 13.8 Å². The number of hydrogen-bond donors (Lipinski definition) is 0. The van der Waals surface area contributed by atoms with Crippen molar-refractivity contribution in [3.05, 3.63) is 11.6 Å². The maximum Gasteiger partial charge on any atom is 0.384 e. The Morgan fingerprint density at radius 2 is 1.50 bits per heavy atom. The first-order valence-corrected chi connectivity index (χ1v) is 3.54. The molecule has 0 aromatic carbocycles. The first-order chi connectivity index (χ1) is 6.04. The lowest BCUT2D eigenvalue weighted by Gasteiger charge is -2.39. The molecule has 0 aromatic heterocycles. The largest absolute Gasteiger partial charge is 0.454 e. The number of ether oxygens (including phenoxy) is 1. The van der Waals surface area contributed by atoms with Gasteiger partial charge in [0, 0.05) is 6.92 Å².